The summed E-state index contributed by atoms with van der Waals surface area (Å²) >= 11 is 0. The summed E-state index contributed by atoms with van der Waals surface area (Å²) in [5.74, 6) is 0.0329. The molecule has 0 atom stereocenters. The molecule has 0 unspecified atom stereocenters. The number of nitrogens with one attached hydrogen (secondary N) is 1. The van der Waals surface area contributed by atoms with Crippen LogP contribution in [0.1, 0.15) is 76.7 Å². The third kappa shape index (κ3) is 8.21. The fourth-order valence-corrected chi connectivity index (χ4v) is 2.30. The fourth-order valence-electron chi connectivity index (χ4n) is 2.30. The van der Waals surface area contributed by atoms with Crippen LogP contribution in [0, 0.1) is 10.8 Å². The van der Waals surface area contributed by atoms with Gasteiger partial charge in [0, 0.05) is 12.1 Å². The number of aryl methyl sites for hydroxylation is 1. The number of carbonyl (C=O) groups is 1. The molecule has 0 aliphatic rings. The van der Waals surface area contributed by atoms with Crippen LogP contribution in [0.2, 0.25) is 0 Å². The molecule has 0 spiro atoms. The van der Waals surface area contributed by atoms with E-state index < -0.39 is 0 Å². The molecule has 0 saturated heterocycles. The molecule has 124 valence electrons. The zero-order chi connectivity index (χ0) is 16.8. The van der Waals surface area contributed by atoms with Crippen molar-refractivity contribution in [1.82, 2.24) is 5.32 Å². The van der Waals surface area contributed by atoms with Gasteiger partial charge < -0.3 is 5.32 Å². The minimum absolute atomic E-state index is 0.0329. The molecule has 0 fully saturated rings. The molecule has 2 heteroatoms. The van der Waals surface area contributed by atoms with Crippen molar-refractivity contribution in [2.45, 2.75) is 67.2 Å². The van der Waals surface area contributed by atoms with Crippen LogP contribution < -0.4 is 5.32 Å². The maximum absolute atomic E-state index is 12.1. The molecular formula is C20H33NO. The zero-order valence-corrected chi connectivity index (χ0v) is 15.3. The second kappa shape index (κ2) is 7.80. The van der Waals surface area contributed by atoms with Crippen LogP contribution in [-0.4, -0.2) is 12.5 Å². The van der Waals surface area contributed by atoms with Crippen molar-refractivity contribution in [2.24, 2.45) is 10.8 Å². The summed E-state index contributed by atoms with van der Waals surface area (Å²) in [6, 6.07) is 8.06. The van der Waals surface area contributed by atoms with Crippen LogP contribution in [-0.2, 0) is 6.42 Å². The Morgan fingerprint density at radius 2 is 1.45 bits per heavy atom. The first kappa shape index (κ1) is 18.7. The van der Waals surface area contributed by atoms with Crippen molar-refractivity contribution < 1.29 is 4.79 Å². The monoisotopic (exact) mass is 303 g/mol. The molecule has 2 nitrogen and oxygen atoms in total. The van der Waals surface area contributed by atoms with Crippen LogP contribution in [0.15, 0.2) is 24.3 Å². The molecular weight excluding hydrogens is 270 g/mol. The van der Waals surface area contributed by atoms with Crippen molar-refractivity contribution in [1.29, 1.82) is 0 Å². The Labute approximate surface area is 136 Å². The highest BCUT2D eigenvalue weighted by atomic mass is 16.1. The molecule has 0 saturated carbocycles. The number of hydrogen-bond donors (Lipinski definition) is 1. The van der Waals surface area contributed by atoms with Crippen molar-refractivity contribution in [3.8, 4) is 0 Å². The van der Waals surface area contributed by atoms with Gasteiger partial charge in [0.25, 0.3) is 5.91 Å². The van der Waals surface area contributed by atoms with E-state index in [0.29, 0.717) is 5.41 Å². The van der Waals surface area contributed by atoms with Gasteiger partial charge in [0.1, 0.15) is 0 Å². The smallest absolute Gasteiger partial charge is 0.251 e. The van der Waals surface area contributed by atoms with Crippen LogP contribution >= 0.6 is 0 Å². The molecule has 1 aromatic carbocycles. The standard InChI is InChI=1S/C20H33NO/c1-19(2,3)13-7-8-16-9-11-17(12-10-16)18(22)21-15-14-20(4,5)6/h9-12H,7-8,13-15H2,1-6H3,(H,21,22). The van der Waals surface area contributed by atoms with Crippen LogP contribution in [0.5, 0.6) is 0 Å². The van der Waals surface area contributed by atoms with E-state index in [1.165, 1.54) is 18.4 Å². The van der Waals surface area contributed by atoms with Crippen LogP contribution in [0.25, 0.3) is 0 Å². The Morgan fingerprint density at radius 1 is 0.909 bits per heavy atom. The first-order valence-electron chi connectivity index (χ1n) is 8.44. The van der Waals surface area contributed by atoms with Crippen molar-refractivity contribution in [2.75, 3.05) is 6.54 Å². The number of hydrogen-bond acceptors (Lipinski definition) is 1. The van der Waals surface area contributed by atoms with Gasteiger partial charge in [0.2, 0.25) is 0 Å². The summed E-state index contributed by atoms with van der Waals surface area (Å²) in [5.41, 5.74) is 2.72. The molecule has 0 aliphatic carbocycles. The maximum Gasteiger partial charge on any atom is 0.251 e. The third-order valence-corrected chi connectivity index (χ3v) is 3.77. The molecule has 0 aliphatic heterocycles. The van der Waals surface area contributed by atoms with Gasteiger partial charge in [0.15, 0.2) is 0 Å². The Hall–Kier alpha value is -1.31. The number of carbonyl (C=O) groups excluding carboxylic acids is 1. The minimum atomic E-state index is 0.0329. The Morgan fingerprint density at radius 3 is 1.95 bits per heavy atom. The predicted molar refractivity (Wildman–Crippen MR) is 95.2 cm³/mol. The van der Waals surface area contributed by atoms with E-state index in [4.69, 9.17) is 0 Å². The maximum atomic E-state index is 12.1. The molecule has 1 N–H and O–H groups in total. The van der Waals surface area contributed by atoms with Gasteiger partial charge in [-0.15, -0.1) is 0 Å². The number of amides is 1. The molecule has 1 aromatic rings. The lowest BCUT2D eigenvalue weighted by molar-refractivity contribution is 0.0949. The van der Waals surface area contributed by atoms with Crippen molar-refractivity contribution >= 4 is 5.91 Å². The van der Waals surface area contributed by atoms with E-state index in [0.717, 1.165) is 24.9 Å². The van der Waals surface area contributed by atoms with Gasteiger partial charge in [-0.3, -0.25) is 4.79 Å². The molecule has 1 rings (SSSR count). The second-order valence-corrected chi connectivity index (χ2v) is 8.68. The summed E-state index contributed by atoms with van der Waals surface area (Å²) in [6.45, 7) is 14.1. The topological polar surface area (TPSA) is 29.1 Å². The lowest BCUT2D eigenvalue weighted by Crippen LogP contribution is -2.27. The molecule has 22 heavy (non-hydrogen) atoms. The van der Waals surface area contributed by atoms with E-state index >= 15 is 0 Å². The van der Waals surface area contributed by atoms with Crippen LogP contribution in [0.3, 0.4) is 0 Å². The van der Waals surface area contributed by atoms with Crippen molar-refractivity contribution in [3.05, 3.63) is 35.4 Å². The van der Waals surface area contributed by atoms with E-state index in [9.17, 15) is 4.79 Å². The second-order valence-electron chi connectivity index (χ2n) is 8.68. The molecule has 0 aromatic heterocycles. The Balaban J connectivity index is 2.42. The number of benzene rings is 1. The summed E-state index contributed by atoms with van der Waals surface area (Å²) in [4.78, 5) is 12.1. The average molecular weight is 303 g/mol. The van der Waals surface area contributed by atoms with E-state index in [1.807, 2.05) is 12.1 Å². The highest BCUT2D eigenvalue weighted by Crippen LogP contribution is 2.22. The summed E-state index contributed by atoms with van der Waals surface area (Å²) in [7, 11) is 0. The fraction of sp³-hybridized carbons (Fsp3) is 0.650. The summed E-state index contributed by atoms with van der Waals surface area (Å²) in [6.07, 6.45) is 4.50. The highest BCUT2D eigenvalue weighted by molar-refractivity contribution is 5.94. The summed E-state index contributed by atoms with van der Waals surface area (Å²) < 4.78 is 0. The Kier molecular flexibility index (Phi) is 6.65. The average Bonchev–Trinajstić information content (AvgIpc) is 2.36. The minimum Gasteiger partial charge on any atom is -0.352 e. The van der Waals surface area contributed by atoms with E-state index in [2.05, 4.69) is 59.0 Å². The lowest BCUT2D eigenvalue weighted by Gasteiger charge is -2.18. The molecule has 0 bridgehead atoms. The van der Waals surface area contributed by atoms with Gasteiger partial charge in [0.05, 0.1) is 0 Å². The van der Waals surface area contributed by atoms with Gasteiger partial charge in [-0.2, -0.15) is 0 Å². The number of rotatable bonds is 6. The quantitative estimate of drug-likeness (QED) is 0.767. The molecule has 0 radical (unpaired) electrons. The summed E-state index contributed by atoms with van der Waals surface area (Å²) in [5, 5.41) is 3.00. The first-order valence-corrected chi connectivity index (χ1v) is 8.44. The van der Waals surface area contributed by atoms with Gasteiger partial charge >= 0.3 is 0 Å². The largest absolute Gasteiger partial charge is 0.352 e. The van der Waals surface area contributed by atoms with Crippen molar-refractivity contribution in [3.63, 3.8) is 0 Å². The zero-order valence-electron chi connectivity index (χ0n) is 15.3. The SMILES string of the molecule is CC(C)(C)CCCc1ccc(C(=O)NCCC(C)(C)C)cc1. The normalized spacial score (nSPS) is 12.3. The Bertz CT molecular complexity index is 460. The van der Waals surface area contributed by atoms with Gasteiger partial charge in [-0.1, -0.05) is 53.7 Å². The molecule has 0 heterocycles. The van der Waals surface area contributed by atoms with E-state index in [-0.39, 0.29) is 11.3 Å². The lowest BCUT2D eigenvalue weighted by atomic mass is 9.89. The predicted octanol–water partition coefficient (Wildman–Crippen LogP) is 5.22. The van der Waals surface area contributed by atoms with E-state index in [1.54, 1.807) is 0 Å². The van der Waals surface area contributed by atoms with Gasteiger partial charge in [-0.25, -0.2) is 0 Å². The molecule has 1 amide bonds. The van der Waals surface area contributed by atoms with Crippen LogP contribution in [0.4, 0.5) is 0 Å². The highest BCUT2D eigenvalue weighted by Gasteiger charge is 2.12. The third-order valence-electron chi connectivity index (χ3n) is 3.77. The van der Waals surface area contributed by atoms with Gasteiger partial charge in [-0.05, 0) is 54.2 Å². The first-order chi connectivity index (χ1) is 10.1.